The summed E-state index contributed by atoms with van der Waals surface area (Å²) in [6, 6.07) is 0.645. The lowest BCUT2D eigenvalue weighted by Crippen LogP contribution is -2.65. The zero-order chi connectivity index (χ0) is 13.5. The van der Waals surface area contributed by atoms with Gasteiger partial charge in [-0.15, -0.1) is 0 Å². The van der Waals surface area contributed by atoms with Gasteiger partial charge in [-0.3, -0.25) is 4.90 Å². The van der Waals surface area contributed by atoms with E-state index in [1.54, 1.807) is 0 Å². The Kier molecular flexibility index (Phi) is 3.65. The predicted octanol–water partition coefficient (Wildman–Crippen LogP) is 2.54. The van der Waals surface area contributed by atoms with Crippen LogP contribution in [0.3, 0.4) is 0 Å². The minimum Gasteiger partial charge on any atom is -0.375 e. The number of rotatable bonds is 2. The molecule has 3 nitrogen and oxygen atoms in total. The van der Waals surface area contributed by atoms with Crippen molar-refractivity contribution in [2.45, 2.75) is 76.5 Å². The van der Waals surface area contributed by atoms with Crippen molar-refractivity contribution in [3.05, 3.63) is 0 Å². The average Bonchev–Trinajstić information content (AvgIpc) is 2.85. The Labute approximate surface area is 117 Å². The molecule has 1 heterocycles. The molecule has 2 N–H and O–H groups in total. The van der Waals surface area contributed by atoms with Gasteiger partial charge in [-0.05, 0) is 43.9 Å². The van der Waals surface area contributed by atoms with Gasteiger partial charge in [0.15, 0.2) is 0 Å². The molecule has 3 fully saturated rings. The number of nitrogens with two attached hydrogens (primary N) is 1. The lowest BCUT2D eigenvalue weighted by molar-refractivity contribution is -0.117. The van der Waals surface area contributed by atoms with Gasteiger partial charge in [0.05, 0.1) is 12.7 Å². The van der Waals surface area contributed by atoms with Crippen LogP contribution in [0.1, 0.15) is 58.8 Å². The van der Waals surface area contributed by atoms with Crippen molar-refractivity contribution < 1.29 is 4.74 Å². The first-order valence-electron chi connectivity index (χ1n) is 8.15. The standard InChI is InChI=1S/C16H30N2O/c1-15(2)7-4-8-16(11-15,12-17)18-9-10-19-14-6-3-5-13(14)18/h13-14H,3-12,17H2,1-2H3. The van der Waals surface area contributed by atoms with E-state index >= 15 is 0 Å². The summed E-state index contributed by atoms with van der Waals surface area (Å²) in [5.74, 6) is 0. The van der Waals surface area contributed by atoms with Crippen LogP contribution >= 0.6 is 0 Å². The maximum atomic E-state index is 6.29. The van der Waals surface area contributed by atoms with Crippen molar-refractivity contribution in [3.63, 3.8) is 0 Å². The molecule has 2 aliphatic carbocycles. The molecule has 19 heavy (non-hydrogen) atoms. The third-order valence-electron chi connectivity index (χ3n) is 5.77. The van der Waals surface area contributed by atoms with Gasteiger partial charge in [0.1, 0.15) is 0 Å². The highest BCUT2D eigenvalue weighted by atomic mass is 16.5. The Balaban J connectivity index is 1.84. The van der Waals surface area contributed by atoms with Gasteiger partial charge in [-0.2, -0.15) is 0 Å². The zero-order valence-corrected chi connectivity index (χ0v) is 12.7. The summed E-state index contributed by atoms with van der Waals surface area (Å²) in [4.78, 5) is 2.77. The van der Waals surface area contributed by atoms with Crippen molar-refractivity contribution in [2.75, 3.05) is 19.7 Å². The monoisotopic (exact) mass is 266 g/mol. The molecular weight excluding hydrogens is 236 g/mol. The van der Waals surface area contributed by atoms with Crippen LogP contribution in [0.4, 0.5) is 0 Å². The number of fused-ring (bicyclic) bond motifs is 1. The van der Waals surface area contributed by atoms with Crippen LogP contribution in [0.25, 0.3) is 0 Å². The van der Waals surface area contributed by atoms with Crippen LogP contribution < -0.4 is 5.73 Å². The fourth-order valence-electron chi connectivity index (χ4n) is 5.01. The number of morpholine rings is 1. The summed E-state index contributed by atoms with van der Waals surface area (Å²) in [5, 5.41) is 0. The van der Waals surface area contributed by atoms with E-state index in [0.717, 1.165) is 19.7 Å². The number of hydrogen-bond donors (Lipinski definition) is 1. The summed E-state index contributed by atoms with van der Waals surface area (Å²) in [6.45, 7) is 7.66. The van der Waals surface area contributed by atoms with Gasteiger partial charge < -0.3 is 10.5 Å². The van der Waals surface area contributed by atoms with E-state index in [-0.39, 0.29) is 5.54 Å². The molecule has 3 unspecified atom stereocenters. The van der Waals surface area contributed by atoms with E-state index in [4.69, 9.17) is 10.5 Å². The number of hydrogen-bond acceptors (Lipinski definition) is 3. The van der Waals surface area contributed by atoms with Gasteiger partial charge in [0.25, 0.3) is 0 Å². The van der Waals surface area contributed by atoms with Crippen molar-refractivity contribution in [1.29, 1.82) is 0 Å². The first kappa shape index (κ1) is 13.8. The average molecular weight is 266 g/mol. The second kappa shape index (κ2) is 5.01. The van der Waals surface area contributed by atoms with Crippen molar-refractivity contribution in [2.24, 2.45) is 11.1 Å². The molecule has 1 saturated heterocycles. The Morgan fingerprint density at radius 1 is 1.21 bits per heavy atom. The van der Waals surface area contributed by atoms with Crippen LogP contribution in [-0.4, -0.2) is 42.3 Å². The molecule has 1 aliphatic heterocycles. The third kappa shape index (κ3) is 2.45. The van der Waals surface area contributed by atoms with E-state index < -0.39 is 0 Å². The molecule has 3 atom stereocenters. The molecule has 0 aromatic rings. The van der Waals surface area contributed by atoms with E-state index in [2.05, 4.69) is 18.7 Å². The maximum Gasteiger partial charge on any atom is 0.0731 e. The first-order chi connectivity index (χ1) is 9.06. The molecule has 0 radical (unpaired) electrons. The molecule has 3 heteroatoms. The Morgan fingerprint density at radius 2 is 2.05 bits per heavy atom. The molecule has 0 spiro atoms. The molecule has 2 saturated carbocycles. The zero-order valence-electron chi connectivity index (χ0n) is 12.7. The van der Waals surface area contributed by atoms with E-state index in [1.807, 2.05) is 0 Å². The molecule has 0 aromatic carbocycles. The van der Waals surface area contributed by atoms with Crippen LogP contribution in [0.2, 0.25) is 0 Å². The summed E-state index contributed by atoms with van der Waals surface area (Å²) in [7, 11) is 0. The minimum absolute atomic E-state index is 0.249. The van der Waals surface area contributed by atoms with E-state index in [0.29, 0.717) is 17.6 Å². The van der Waals surface area contributed by atoms with Gasteiger partial charge in [0.2, 0.25) is 0 Å². The highest BCUT2D eigenvalue weighted by Crippen LogP contribution is 2.46. The van der Waals surface area contributed by atoms with Gasteiger partial charge in [0, 0.05) is 24.7 Å². The minimum atomic E-state index is 0.249. The van der Waals surface area contributed by atoms with Crippen LogP contribution in [0.15, 0.2) is 0 Å². The lowest BCUT2D eigenvalue weighted by Gasteiger charge is -2.55. The van der Waals surface area contributed by atoms with Crippen LogP contribution in [0.5, 0.6) is 0 Å². The topological polar surface area (TPSA) is 38.5 Å². The number of nitrogens with zero attached hydrogens (tertiary/aromatic N) is 1. The predicted molar refractivity (Wildman–Crippen MR) is 78.1 cm³/mol. The molecule has 0 bridgehead atoms. The fourth-order valence-corrected chi connectivity index (χ4v) is 5.01. The van der Waals surface area contributed by atoms with E-state index in [1.165, 1.54) is 44.9 Å². The molecule has 0 amide bonds. The molecular formula is C16H30N2O. The third-order valence-corrected chi connectivity index (χ3v) is 5.77. The van der Waals surface area contributed by atoms with Crippen molar-refractivity contribution in [3.8, 4) is 0 Å². The molecule has 3 rings (SSSR count). The van der Waals surface area contributed by atoms with Gasteiger partial charge in [-0.25, -0.2) is 0 Å². The Hall–Kier alpha value is -0.120. The lowest BCUT2D eigenvalue weighted by atomic mass is 9.66. The highest BCUT2D eigenvalue weighted by Gasteiger charge is 2.49. The summed E-state index contributed by atoms with van der Waals surface area (Å²) < 4.78 is 5.98. The van der Waals surface area contributed by atoms with Gasteiger partial charge >= 0.3 is 0 Å². The normalized spacial score (nSPS) is 43.1. The molecule has 110 valence electrons. The summed E-state index contributed by atoms with van der Waals surface area (Å²) >= 11 is 0. The smallest absolute Gasteiger partial charge is 0.0731 e. The fraction of sp³-hybridized carbons (Fsp3) is 1.00. The van der Waals surface area contributed by atoms with Crippen molar-refractivity contribution >= 4 is 0 Å². The number of ether oxygens (including phenoxy) is 1. The largest absolute Gasteiger partial charge is 0.375 e. The second-order valence-corrected chi connectivity index (χ2v) is 7.72. The second-order valence-electron chi connectivity index (χ2n) is 7.72. The highest BCUT2D eigenvalue weighted by molar-refractivity contribution is 5.04. The quantitative estimate of drug-likeness (QED) is 0.835. The SMILES string of the molecule is CC1(C)CCCC(CN)(N2CCOC3CCCC32)C1. The van der Waals surface area contributed by atoms with Crippen LogP contribution in [0, 0.1) is 5.41 Å². The summed E-state index contributed by atoms with van der Waals surface area (Å²) in [5.41, 5.74) is 6.99. The molecule has 0 aromatic heterocycles. The summed E-state index contributed by atoms with van der Waals surface area (Å²) in [6.07, 6.45) is 9.62. The van der Waals surface area contributed by atoms with Crippen molar-refractivity contribution in [1.82, 2.24) is 4.90 Å². The molecule has 3 aliphatic rings. The maximum absolute atomic E-state index is 6.29. The Morgan fingerprint density at radius 3 is 2.79 bits per heavy atom. The first-order valence-corrected chi connectivity index (χ1v) is 8.15. The van der Waals surface area contributed by atoms with Crippen LogP contribution in [-0.2, 0) is 4.74 Å². The Bertz CT molecular complexity index is 331. The van der Waals surface area contributed by atoms with Gasteiger partial charge in [-0.1, -0.05) is 20.3 Å². The van der Waals surface area contributed by atoms with E-state index in [9.17, 15) is 0 Å².